The van der Waals surface area contributed by atoms with Gasteiger partial charge in [-0.3, -0.25) is 34.3 Å². The van der Waals surface area contributed by atoms with Crippen molar-refractivity contribution in [2.45, 2.75) is 45.1 Å². The summed E-state index contributed by atoms with van der Waals surface area (Å²) in [4.78, 5) is 53.8. The van der Waals surface area contributed by atoms with Crippen LogP contribution in [0.3, 0.4) is 0 Å². The fourth-order valence-corrected chi connectivity index (χ4v) is 7.97. The molecule has 12 heteroatoms. The van der Waals surface area contributed by atoms with Gasteiger partial charge in [0.1, 0.15) is 11.8 Å². The van der Waals surface area contributed by atoms with Gasteiger partial charge in [0, 0.05) is 63.2 Å². The molecule has 57 heavy (non-hydrogen) atoms. The highest BCUT2D eigenvalue weighted by atomic mass is 19.2. The van der Waals surface area contributed by atoms with E-state index < -0.39 is 96.6 Å². The average molecular weight is 782 g/mol. The number of piperazine rings is 1. The number of fused-ring (bicyclic) bond motifs is 1. The van der Waals surface area contributed by atoms with E-state index in [1.807, 2.05) is 59.9 Å². The number of amides is 4. The van der Waals surface area contributed by atoms with Gasteiger partial charge in [-0.15, -0.1) is 0 Å². The Morgan fingerprint density at radius 3 is 2.07 bits per heavy atom. The average Bonchev–Trinajstić information content (AvgIpc) is 3.51. The lowest BCUT2D eigenvalue weighted by Crippen LogP contribution is -2.54. The van der Waals surface area contributed by atoms with Gasteiger partial charge in [0.05, 0.1) is 22.3 Å². The van der Waals surface area contributed by atoms with Crippen LogP contribution in [0, 0.1) is 17.6 Å². The molecule has 4 heterocycles. The molecule has 0 bridgehead atoms. The van der Waals surface area contributed by atoms with Gasteiger partial charge >= 0.3 is 0 Å². The van der Waals surface area contributed by atoms with Crippen molar-refractivity contribution in [1.29, 1.82) is 0 Å². The van der Waals surface area contributed by atoms with Crippen molar-refractivity contribution in [3.8, 4) is 5.75 Å². The van der Waals surface area contributed by atoms with Crippen LogP contribution in [0.5, 0.6) is 5.75 Å². The molecule has 0 aromatic heterocycles. The fraction of sp³-hybridized carbons (Fsp3) is 0.333. The van der Waals surface area contributed by atoms with Crippen LogP contribution in [-0.2, 0) is 9.59 Å². The van der Waals surface area contributed by atoms with E-state index in [2.05, 4.69) is 24.0 Å². The van der Waals surface area contributed by atoms with Crippen LogP contribution in [0.4, 0.5) is 20.2 Å². The van der Waals surface area contributed by atoms with Crippen molar-refractivity contribution in [3.63, 3.8) is 0 Å². The summed E-state index contributed by atoms with van der Waals surface area (Å²) in [5.41, 5.74) is 2.62. The second-order valence-electron chi connectivity index (χ2n) is 14.4. The number of hydrogen-bond donors (Lipinski definition) is 2. The number of phenols is 1. The van der Waals surface area contributed by atoms with E-state index in [0.29, 0.717) is 41.8 Å². The summed E-state index contributed by atoms with van der Waals surface area (Å²) in [6, 6.07) is 24.0. The van der Waals surface area contributed by atoms with Crippen LogP contribution in [0.25, 0.3) is 11.1 Å². The molecule has 1 atom stereocenters. The molecule has 4 aliphatic rings. The van der Waals surface area contributed by atoms with E-state index in [1.165, 1.54) is 0 Å². The Morgan fingerprint density at radius 2 is 1.44 bits per heavy atom. The molecule has 4 amide bonds. The lowest BCUT2D eigenvalue weighted by atomic mass is 9.88. The van der Waals surface area contributed by atoms with E-state index in [-0.39, 0.29) is 23.5 Å². The molecular formula is C45H45F2N5O5. The zero-order valence-corrected chi connectivity index (χ0v) is 31.0. The Morgan fingerprint density at radius 1 is 0.789 bits per heavy atom. The minimum absolute atomic E-state index is 0.153. The van der Waals surface area contributed by atoms with E-state index in [0.717, 1.165) is 39.9 Å². The summed E-state index contributed by atoms with van der Waals surface area (Å²) in [5.74, 6) is -8.81. The van der Waals surface area contributed by atoms with Crippen LogP contribution in [-0.4, -0.2) is 90.2 Å². The molecule has 3 saturated heterocycles. The molecule has 2 N–H and O–H groups in total. The van der Waals surface area contributed by atoms with E-state index in [1.54, 1.807) is 12.1 Å². The number of carbonyl (C=O) groups is 4. The van der Waals surface area contributed by atoms with E-state index >= 15 is 8.78 Å². The van der Waals surface area contributed by atoms with Gasteiger partial charge in [0.15, 0.2) is 11.6 Å². The van der Waals surface area contributed by atoms with Gasteiger partial charge in [-0.2, -0.15) is 0 Å². The minimum atomic E-state index is -3.63. The molecule has 0 aliphatic carbocycles. The second kappa shape index (κ2) is 15.9. The number of nitrogens with one attached hydrogen (secondary N) is 1. The van der Waals surface area contributed by atoms with Crippen molar-refractivity contribution in [2.24, 2.45) is 5.92 Å². The van der Waals surface area contributed by atoms with Crippen molar-refractivity contribution < 1.29 is 44.0 Å². The standard InChI is InChI=1S/C45H45F2N5O5/c1-2-34(29-6-4-3-5-7-29)39(31-10-14-33(53)15-11-31)30-8-12-32(13-9-30)50-20-18-28(19-21-50)27-49-22-24-51(25-23-49)37-26-35-40(42(47)41(37)46)45(57)52(44(35)56)36-16-17-38(54)48-43(36)55/h3-15,26,28,36,53H,2,16-25,27H2,1H3,(H,48,54,55)/i22D2,23D2,24D2,25D2. The maximum absolute atomic E-state index is 16.1. The zero-order chi connectivity index (χ0) is 47.0. The minimum Gasteiger partial charge on any atom is -0.508 e. The highest BCUT2D eigenvalue weighted by Gasteiger charge is 2.47. The van der Waals surface area contributed by atoms with Gasteiger partial charge in [-0.25, -0.2) is 8.78 Å². The summed E-state index contributed by atoms with van der Waals surface area (Å²) < 4.78 is 104. The van der Waals surface area contributed by atoms with Crippen molar-refractivity contribution in [3.05, 3.63) is 124 Å². The van der Waals surface area contributed by atoms with Crippen LogP contribution < -0.4 is 15.1 Å². The van der Waals surface area contributed by atoms with Gasteiger partial charge in [0.25, 0.3) is 11.8 Å². The first-order chi connectivity index (χ1) is 30.6. The molecule has 0 saturated carbocycles. The first-order valence-corrected chi connectivity index (χ1v) is 18.9. The molecule has 0 radical (unpaired) electrons. The molecule has 8 rings (SSSR count). The Balaban J connectivity index is 1.02. The molecule has 294 valence electrons. The number of allylic oxidation sites excluding steroid dienone is 1. The lowest BCUT2D eigenvalue weighted by molar-refractivity contribution is -0.136. The van der Waals surface area contributed by atoms with Crippen molar-refractivity contribution >= 4 is 46.1 Å². The summed E-state index contributed by atoms with van der Waals surface area (Å²) in [6.07, 6.45) is 0.924. The second-order valence-corrected chi connectivity index (χ2v) is 14.4. The maximum atomic E-state index is 16.1. The largest absolute Gasteiger partial charge is 0.508 e. The Bertz CT molecular complexity index is 2580. The number of nitrogens with zero attached hydrogens (tertiary/aromatic N) is 4. The molecule has 3 fully saturated rings. The Labute approximate surface area is 341 Å². The highest BCUT2D eigenvalue weighted by Crippen LogP contribution is 2.38. The predicted molar refractivity (Wildman–Crippen MR) is 214 cm³/mol. The summed E-state index contributed by atoms with van der Waals surface area (Å²) in [5, 5.41) is 12.0. The quantitative estimate of drug-likeness (QED) is 0.147. The highest BCUT2D eigenvalue weighted by molar-refractivity contribution is 6.24. The predicted octanol–water partition coefficient (Wildman–Crippen LogP) is 6.48. The maximum Gasteiger partial charge on any atom is 0.265 e. The van der Waals surface area contributed by atoms with Crippen molar-refractivity contribution in [1.82, 2.24) is 15.1 Å². The number of halogens is 2. The smallest absolute Gasteiger partial charge is 0.265 e. The molecule has 10 nitrogen and oxygen atoms in total. The number of anilines is 2. The summed E-state index contributed by atoms with van der Waals surface area (Å²) in [6.45, 7) is -11.5. The van der Waals surface area contributed by atoms with E-state index in [4.69, 9.17) is 11.0 Å². The third-order valence-electron chi connectivity index (χ3n) is 10.9. The molecule has 0 spiro atoms. The third kappa shape index (κ3) is 7.41. The number of hydrogen-bond acceptors (Lipinski definition) is 8. The lowest BCUT2D eigenvalue weighted by Gasteiger charge is -2.40. The number of piperidine rings is 2. The number of rotatable bonds is 9. The van der Waals surface area contributed by atoms with Crippen LogP contribution >= 0.6 is 0 Å². The number of benzene rings is 4. The molecule has 4 aromatic rings. The molecule has 1 unspecified atom stereocenters. The zero-order valence-electron chi connectivity index (χ0n) is 39.0. The van der Waals surface area contributed by atoms with Crippen LogP contribution in [0.1, 0.15) is 87.4 Å². The molecular weight excluding hydrogens is 729 g/mol. The van der Waals surface area contributed by atoms with Crippen molar-refractivity contribution in [2.75, 3.05) is 55.4 Å². The Hall–Kier alpha value is -5.88. The third-order valence-corrected chi connectivity index (χ3v) is 10.9. The van der Waals surface area contributed by atoms with Gasteiger partial charge < -0.3 is 14.9 Å². The SMILES string of the molecule is [2H]C1([2H])N(CC2CCN(c3ccc(C(=C(CC)c4ccccc4)c4ccc(O)cc4)cc3)CC2)C([2H])([2H])C([2H])([2H])N(c2cc3c(c(F)c2F)C(=O)N(C2CCC(=O)NC2=O)C3=O)C1([2H])[2H]. The summed E-state index contributed by atoms with van der Waals surface area (Å²) in [7, 11) is 0. The number of carbonyl (C=O) groups excluding carboxylic acids is 4. The first kappa shape index (κ1) is 29.4. The number of phenolic OH excluding ortho intramolecular Hbond substituents is 1. The van der Waals surface area contributed by atoms with Gasteiger partial charge in [-0.1, -0.05) is 61.5 Å². The number of imide groups is 2. The summed E-state index contributed by atoms with van der Waals surface area (Å²) >= 11 is 0. The monoisotopic (exact) mass is 781 g/mol. The molecule has 4 aliphatic heterocycles. The van der Waals surface area contributed by atoms with E-state index in [9.17, 15) is 24.3 Å². The van der Waals surface area contributed by atoms with Crippen LogP contribution in [0.2, 0.25) is 0 Å². The Kier molecular flexibility index (Phi) is 8.21. The van der Waals surface area contributed by atoms with Crippen LogP contribution in [0.15, 0.2) is 84.9 Å². The number of aromatic hydroxyl groups is 1. The fourth-order valence-electron chi connectivity index (χ4n) is 7.97. The normalized spacial score (nSPS) is 25.5. The molecule has 4 aromatic carbocycles. The first-order valence-electron chi connectivity index (χ1n) is 22.9. The topological polar surface area (TPSA) is 114 Å². The van der Waals surface area contributed by atoms with Gasteiger partial charge in [-0.05, 0) is 89.8 Å². The van der Waals surface area contributed by atoms with Gasteiger partial charge in [0.2, 0.25) is 11.8 Å².